The number of halogens is 1. The van der Waals surface area contributed by atoms with Crippen molar-refractivity contribution in [3.8, 4) is 0 Å². The fourth-order valence-corrected chi connectivity index (χ4v) is 3.13. The maximum Gasteiger partial charge on any atom is 0.244 e. The molecular weight excluding hydrogens is 279 g/mol. The molecule has 0 heterocycles. The Bertz CT molecular complexity index is 702. The number of benzene rings is 2. The first-order chi connectivity index (χ1) is 9.40. The van der Waals surface area contributed by atoms with Crippen LogP contribution in [0, 0.1) is 5.82 Å². The third-order valence-corrected chi connectivity index (χ3v) is 4.45. The van der Waals surface area contributed by atoms with Crippen molar-refractivity contribution in [1.29, 1.82) is 0 Å². The Balaban J connectivity index is 2.28. The summed E-state index contributed by atoms with van der Waals surface area (Å²) in [5.74, 6) is -0.863. The van der Waals surface area contributed by atoms with E-state index in [4.69, 9.17) is 5.73 Å². The van der Waals surface area contributed by atoms with Gasteiger partial charge in [-0.1, -0.05) is 30.3 Å². The molecule has 3 N–H and O–H groups in total. The fraction of sp³-hybridized carbons (Fsp3) is 0.143. The maximum atomic E-state index is 13.7. The molecule has 0 bridgehead atoms. The van der Waals surface area contributed by atoms with Gasteiger partial charge in [0.2, 0.25) is 10.0 Å². The molecule has 0 fully saturated rings. The minimum Gasteiger partial charge on any atom is -0.399 e. The first-order valence-corrected chi connectivity index (χ1v) is 7.51. The van der Waals surface area contributed by atoms with E-state index in [-0.39, 0.29) is 5.69 Å². The molecule has 2 rings (SSSR count). The van der Waals surface area contributed by atoms with Crippen LogP contribution in [0.15, 0.2) is 53.4 Å². The summed E-state index contributed by atoms with van der Waals surface area (Å²) in [5.41, 5.74) is 6.38. The standard InChI is InChI=1S/C14H15FN2O2S/c1-10(11-5-3-2-4-6-11)17-20(18,19)14-8-7-12(16)9-13(14)15/h2-10,17H,16H2,1H3/t10-/m1/s1. The Kier molecular flexibility index (Phi) is 4.06. The van der Waals surface area contributed by atoms with E-state index in [0.29, 0.717) is 0 Å². The number of hydrogen-bond acceptors (Lipinski definition) is 3. The van der Waals surface area contributed by atoms with Crippen LogP contribution in [-0.2, 0) is 10.0 Å². The van der Waals surface area contributed by atoms with Crippen LogP contribution >= 0.6 is 0 Å². The normalized spacial score (nSPS) is 13.1. The zero-order valence-corrected chi connectivity index (χ0v) is 11.7. The van der Waals surface area contributed by atoms with Crippen LogP contribution < -0.4 is 10.5 Å². The fourth-order valence-electron chi connectivity index (χ4n) is 1.84. The van der Waals surface area contributed by atoms with Crippen LogP contribution in [0.5, 0.6) is 0 Å². The van der Waals surface area contributed by atoms with Crippen LogP contribution in [0.25, 0.3) is 0 Å². The second-order valence-corrected chi connectivity index (χ2v) is 6.13. The quantitative estimate of drug-likeness (QED) is 0.851. The molecule has 0 aliphatic rings. The van der Waals surface area contributed by atoms with Gasteiger partial charge in [0.15, 0.2) is 0 Å². The van der Waals surface area contributed by atoms with Crippen molar-refractivity contribution in [3.63, 3.8) is 0 Å². The summed E-state index contributed by atoms with van der Waals surface area (Å²) in [4.78, 5) is -0.408. The largest absolute Gasteiger partial charge is 0.399 e. The topological polar surface area (TPSA) is 72.2 Å². The molecule has 106 valence electrons. The third-order valence-electron chi connectivity index (χ3n) is 2.88. The number of rotatable bonds is 4. The van der Waals surface area contributed by atoms with Crippen molar-refractivity contribution in [1.82, 2.24) is 4.72 Å². The Morgan fingerprint density at radius 3 is 2.40 bits per heavy atom. The van der Waals surface area contributed by atoms with E-state index in [1.165, 1.54) is 6.07 Å². The second-order valence-electron chi connectivity index (χ2n) is 4.44. The molecule has 0 amide bonds. The van der Waals surface area contributed by atoms with Crippen LogP contribution in [0.3, 0.4) is 0 Å². The van der Waals surface area contributed by atoms with Crippen LogP contribution in [-0.4, -0.2) is 8.42 Å². The van der Waals surface area contributed by atoms with Gasteiger partial charge in [-0.05, 0) is 30.7 Å². The highest BCUT2D eigenvalue weighted by atomic mass is 32.2. The minimum atomic E-state index is -3.94. The van der Waals surface area contributed by atoms with E-state index in [0.717, 1.165) is 17.7 Å². The van der Waals surface area contributed by atoms with Gasteiger partial charge in [0.1, 0.15) is 10.7 Å². The molecule has 0 saturated carbocycles. The molecular formula is C14H15FN2O2S. The first-order valence-electron chi connectivity index (χ1n) is 6.02. The molecule has 0 radical (unpaired) electrons. The summed E-state index contributed by atoms with van der Waals surface area (Å²) >= 11 is 0. The highest BCUT2D eigenvalue weighted by molar-refractivity contribution is 7.89. The summed E-state index contributed by atoms with van der Waals surface area (Å²) in [6.07, 6.45) is 0. The molecule has 0 aromatic heterocycles. The SMILES string of the molecule is C[C@@H](NS(=O)(=O)c1ccc(N)cc1F)c1ccccc1. The molecule has 2 aromatic rings. The third kappa shape index (κ3) is 3.15. The number of anilines is 1. The zero-order chi connectivity index (χ0) is 14.8. The van der Waals surface area contributed by atoms with Gasteiger partial charge in [-0.3, -0.25) is 0 Å². The molecule has 0 aliphatic carbocycles. The van der Waals surface area contributed by atoms with Crippen molar-refractivity contribution >= 4 is 15.7 Å². The van der Waals surface area contributed by atoms with Gasteiger partial charge in [-0.25, -0.2) is 17.5 Å². The second kappa shape index (κ2) is 5.60. The monoisotopic (exact) mass is 294 g/mol. The summed E-state index contributed by atoms with van der Waals surface area (Å²) in [5, 5.41) is 0. The van der Waals surface area contributed by atoms with E-state index >= 15 is 0 Å². The molecule has 4 nitrogen and oxygen atoms in total. The molecule has 0 spiro atoms. The molecule has 0 aliphatic heterocycles. The lowest BCUT2D eigenvalue weighted by Gasteiger charge is -2.15. The number of nitrogens with two attached hydrogens (primary N) is 1. The van der Waals surface area contributed by atoms with Crippen LogP contribution in [0.1, 0.15) is 18.5 Å². The number of nitrogen functional groups attached to an aromatic ring is 1. The van der Waals surface area contributed by atoms with Gasteiger partial charge in [0.25, 0.3) is 0 Å². The van der Waals surface area contributed by atoms with Crippen LogP contribution in [0.4, 0.5) is 10.1 Å². The van der Waals surface area contributed by atoms with Gasteiger partial charge >= 0.3 is 0 Å². The molecule has 2 aromatic carbocycles. The van der Waals surface area contributed by atoms with Gasteiger partial charge in [-0.2, -0.15) is 0 Å². The van der Waals surface area contributed by atoms with E-state index < -0.39 is 26.8 Å². The predicted octanol–water partition coefficient (Wildman–Crippen LogP) is 2.45. The van der Waals surface area contributed by atoms with Crippen molar-refractivity contribution in [3.05, 3.63) is 59.9 Å². The summed E-state index contributed by atoms with van der Waals surface area (Å²) in [6.45, 7) is 1.70. The van der Waals surface area contributed by atoms with E-state index in [1.54, 1.807) is 19.1 Å². The van der Waals surface area contributed by atoms with Gasteiger partial charge in [0.05, 0.1) is 0 Å². The average molecular weight is 294 g/mol. The summed E-state index contributed by atoms with van der Waals surface area (Å²) in [6, 6.07) is 12.1. The van der Waals surface area contributed by atoms with Gasteiger partial charge in [-0.15, -0.1) is 0 Å². The molecule has 0 saturated heterocycles. The Labute approximate surface area is 117 Å². The number of hydrogen-bond donors (Lipinski definition) is 2. The van der Waals surface area contributed by atoms with Gasteiger partial charge in [0, 0.05) is 11.7 Å². The van der Waals surface area contributed by atoms with Crippen molar-refractivity contribution in [2.24, 2.45) is 0 Å². The Hall–Kier alpha value is -1.92. The minimum absolute atomic E-state index is 0.178. The smallest absolute Gasteiger partial charge is 0.244 e. The van der Waals surface area contributed by atoms with E-state index in [1.807, 2.05) is 18.2 Å². The number of nitrogens with one attached hydrogen (secondary N) is 1. The van der Waals surface area contributed by atoms with Crippen molar-refractivity contribution in [2.75, 3.05) is 5.73 Å². The predicted molar refractivity (Wildman–Crippen MR) is 76.0 cm³/mol. The lowest BCUT2D eigenvalue weighted by molar-refractivity contribution is 0.547. The first kappa shape index (κ1) is 14.5. The molecule has 6 heteroatoms. The lowest BCUT2D eigenvalue weighted by Crippen LogP contribution is -2.27. The van der Waals surface area contributed by atoms with Crippen molar-refractivity contribution in [2.45, 2.75) is 17.9 Å². The highest BCUT2D eigenvalue weighted by Gasteiger charge is 2.21. The number of sulfonamides is 1. The zero-order valence-electron chi connectivity index (χ0n) is 10.9. The summed E-state index contributed by atoms with van der Waals surface area (Å²) in [7, 11) is -3.94. The summed E-state index contributed by atoms with van der Waals surface area (Å²) < 4.78 is 40.5. The van der Waals surface area contributed by atoms with E-state index in [9.17, 15) is 12.8 Å². The molecule has 1 atom stereocenters. The maximum absolute atomic E-state index is 13.7. The van der Waals surface area contributed by atoms with E-state index in [2.05, 4.69) is 4.72 Å². The highest BCUT2D eigenvalue weighted by Crippen LogP contribution is 2.20. The lowest BCUT2D eigenvalue weighted by atomic mass is 10.1. The molecule has 20 heavy (non-hydrogen) atoms. The Morgan fingerprint density at radius 2 is 1.80 bits per heavy atom. The average Bonchev–Trinajstić information content (AvgIpc) is 2.38. The van der Waals surface area contributed by atoms with Crippen molar-refractivity contribution < 1.29 is 12.8 Å². The Morgan fingerprint density at radius 1 is 1.15 bits per heavy atom. The molecule has 0 unspecified atom stereocenters. The van der Waals surface area contributed by atoms with Gasteiger partial charge < -0.3 is 5.73 Å². The van der Waals surface area contributed by atoms with Crippen LogP contribution in [0.2, 0.25) is 0 Å².